The Hall–Kier alpha value is -4.84. The summed E-state index contributed by atoms with van der Waals surface area (Å²) in [6.45, 7) is 12.0. The normalized spacial score (nSPS) is 19.3. The first kappa shape index (κ1) is 33.5. The number of fused-ring (bicyclic) bond motifs is 1. The lowest BCUT2D eigenvalue weighted by atomic mass is 9.98. The molecule has 1 aliphatic carbocycles. The fraction of sp³-hybridized carbons (Fsp3) is 0.371. The van der Waals surface area contributed by atoms with Gasteiger partial charge in [-0.05, 0) is 74.3 Å². The van der Waals surface area contributed by atoms with Crippen molar-refractivity contribution in [1.82, 2.24) is 14.9 Å². The third-order valence-corrected chi connectivity index (χ3v) is 9.31. The van der Waals surface area contributed by atoms with Gasteiger partial charge in [-0.3, -0.25) is 19.4 Å². The number of hydrogen-bond acceptors (Lipinski definition) is 8. The Morgan fingerprint density at radius 3 is 2.17 bits per heavy atom. The van der Waals surface area contributed by atoms with Gasteiger partial charge < -0.3 is 19.9 Å². The van der Waals surface area contributed by atoms with E-state index in [1.165, 1.54) is 54.7 Å². The maximum atomic E-state index is 15.8. The van der Waals surface area contributed by atoms with Gasteiger partial charge in [-0.15, -0.1) is 0 Å². The lowest BCUT2D eigenvalue weighted by Gasteiger charge is -2.27. The van der Waals surface area contributed by atoms with E-state index in [2.05, 4.69) is 35.6 Å². The summed E-state index contributed by atoms with van der Waals surface area (Å²) >= 11 is 0. The van der Waals surface area contributed by atoms with Gasteiger partial charge in [0.15, 0.2) is 23.1 Å². The zero-order valence-electron chi connectivity index (χ0n) is 27.3. The minimum Gasteiger partial charge on any atom is -0.493 e. The van der Waals surface area contributed by atoms with E-state index in [1.54, 1.807) is 26.0 Å². The van der Waals surface area contributed by atoms with E-state index >= 15 is 4.39 Å². The molecule has 1 unspecified atom stereocenters. The van der Waals surface area contributed by atoms with Crippen molar-refractivity contribution in [1.29, 1.82) is 0 Å². The zero-order valence-corrected chi connectivity index (χ0v) is 27.3. The van der Waals surface area contributed by atoms with E-state index in [-0.39, 0.29) is 40.9 Å². The van der Waals surface area contributed by atoms with Crippen LogP contribution in [0.3, 0.4) is 0 Å². The number of rotatable bonds is 13. The summed E-state index contributed by atoms with van der Waals surface area (Å²) in [5, 5.41) is 0.459. The molecule has 1 saturated carbocycles. The van der Waals surface area contributed by atoms with Crippen LogP contribution < -0.4 is 24.8 Å². The molecule has 12 heteroatoms. The molecule has 47 heavy (non-hydrogen) atoms. The van der Waals surface area contributed by atoms with Crippen LogP contribution in [0.25, 0.3) is 10.9 Å². The third-order valence-electron chi connectivity index (χ3n) is 9.31. The summed E-state index contributed by atoms with van der Waals surface area (Å²) in [5.41, 5.74) is 5.10. The molecule has 0 radical (unpaired) electrons. The van der Waals surface area contributed by atoms with Crippen molar-refractivity contribution in [3.8, 4) is 23.1 Å². The minimum absolute atomic E-state index is 0.0720. The van der Waals surface area contributed by atoms with Crippen LogP contribution in [-0.4, -0.2) is 59.5 Å². The van der Waals surface area contributed by atoms with E-state index in [0.29, 0.717) is 29.0 Å². The number of aromatic nitrogens is 2. The van der Waals surface area contributed by atoms with E-state index in [0.717, 1.165) is 19.2 Å². The number of halogens is 2. The van der Waals surface area contributed by atoms with Gasteiger partial charge in [0.2, 0.25) is 17.7 Å². The molecule has 1 aliphatic rings. The van der Waals surface area contributed by atoms with Crippen molar-refractivity contribution < 1.29 is 32.6 Å². The lowest BCUT2D eigenvalue weighted by Crippen LogP contribution is -2.43. The fourth-order valence-electron chi connectivity index (χ4n) is 6.25. The number of hydrogen-bond donors (Lipinski definition) is 1. The number of carbonyl (C=O) groups is 2. The molecule has 3 aromatic carbocycles. The van der Waals surface area contributed by atoms with E-state index in [4.69, 9.17) is 19.9 Å². The molecule has 3 atom stereocenters. The van der Waals surface area contributed by atoms with Crippen molar-refractivity contribution in [3.05, 3.63) is 72.6 Å². The van der Waals surface area contributed by atoms with Gasteiger partial charge in [0, 0.05) is 23.9 Å². The van der Waals surface area contributed by atoms with Gasteiger partial charge in [-0.2, -0.15) is 0 Å². The van der Waals surface area contributed by atoms with Crippen LogP contribution in [0.1, 0.15) is 34.6 Å². The number of amides is 2. The molecular weight excluding hydrogens is 608 g/mol. The van der Waals surface area contributed by atoms with Crippen molar-refractivity contribution in [2.75, 3.05) is 31.7 Å². The first-order valence-electron chi connectivity index (χ1n) is 15.5. The zero-order chi connectivity index (χ0) is 34.0. The maximum Gasteiger partial charge on any atom is 0.247 e. The van der Waals surface area contributed by atoms with Crippen LogP contribution in [0.5, 0.6) is 23.1 Å². The van der Waals surface area contributed by atoms with E-state index in [1.807, 2.05) is 0 Å². The molecule has 248 valence electrons. The Morgan fingerprint density at radius 2 is 1.60 bits per heavy atom. The molecule has 10 nitrogen and oxygen atoms in total. The number of anilines is 2. The van der Waals surface area contributed by atoms with Crippen molar-refractivity contribution in [2.24, 2.45) is 23.0 Å². The molecule has 2 N–H and O–H groups in total. The number of carbonyl (C=O) groups excluding carboxylic acids is 2. The molecule has 1 fully saturated rings. The van der Waals surface area contributed by atoms with Gasteiger partial charge in [0.05, 0.1) is 23.7 Å². The Morgan fingerprint density at radius 1 is 0.936 bits per heavy atom. The highest BCUT2D eigenvalue weighted by molar-refractivity contribution is 6.17. The van der Waals surface area contributed by atoms with Crippen molar-refractivity contribution >= 4 is 34.1 Å². The molecule has 4 aromatic rings. The minimum atomic E-state index is -1.48. The number of primary amides is 1. The predicted molar refractivity (Wildman–Crippen MR) is 174 cm³/mol. The standard InChI is InChI=1S/C35H39F2N5O5/c1-7-41(8-2)20(3)18-46-31-17-28-26(16-30(31)45-6)32(40-19-39-28)47-29-14-13-25(15-27(29)37)42(24-11-9-23(36)10-12-24)34(44)35(33(38)43)21(4)22(35)5/h9-17,19-22H,7-8,18H2,1-6H3,(H2,38,43)/t20?,21-,22-/m1/s1. The Bertz CT molecular complexity index is 1770. The Balaban J connectivity index is 1.46. The number of nitrogens with two attached hydrogens (primary N) is 1. The molecule has 1 heterocycles. The summed E-state index contributed by atoms with van der Waals surface area (Å²) in [5.74, 6) is -2.56. The lowest BCUT2D eigenvalue weighted by molar-refractivity contribution is -0.134. The number of ether oxygens (including phenoxy) is 3. The SMILES string of the molecule is CCN(CC)C(C)COc1cc2ncnc(Oc3ccc(N(C(=O)C4(C(N)=O)[C@H](C)[C@H]4C)c4ccc(F)cc4)cc3F)c2cc1OC. The van der Waals surface area contributed by atoms with Gasteiger partial charge in [0.1, 0.15) is 24.2 Å². The monoisotopic (exact) mass is 647 g/mol. The number of nitrogens with zero attached hydrogens (tertiary/aromatic N) is 4. The highest BCUT2D eigenvalue weighted by Gasteiger charge is 2.70. The molecule has 0 saturated heterocycles. The second kappa shape index (κ2) is 13.5. The average molecular weight is 648 g/mol. The predicted octanol–water partition coefficient (Wildman–Crippen LogP) is 6.24. The summed E-state index contributed by atoms with van der Waals surface area (Å²) in [7, 11) is 1.52. The molecule has 0 bridgehead atoms. The molecular formula is C35H39F2N5O5. The van der Waals surface area contributed by atoms with Gasteiger partial charge in [0.25, 0.3) is 0 Å². The highest BCUT2D eigenvalue weighted by Crippen LogP contribution is 2.60. The summed E-state index contributed by atoms with van der Waals surface area (Å²) in [6.07, 6.45) is 1.30. The Kier molecular flexibility index (Phi) is 9.62. The van der Waals surface area contributed by atoms with Crippen molar-refractivity contribution in [2.45, 2.75) is 40.7 Å². The Labute approximate surface area is 272 Å². The highest BCUT2D eigenvalue weighted by atomic mass is 19.1. The first-order chi connectivity index (χ1) is 22.5. The van der Waals surface area contributed by atoms with Crippen LogP contribution >= 0.6 is 0 Å². The summed E-state index contributed by atoms with van der Waals surface area (Å²) in [6, 6.07) is 12.6. The van der Waals surface area contributed by atoms with Gasteiger partial charge in [-0.1, -0.05) is 27.7 Å². The molecule has 5 rings (SSSR count). The van der Waals surface area contributed by atoms with Crippen LogP contribution in [0.2, 0.25) is 0 Å². The second-order valence-electron chi connectivity index (χ2n) is 11.7. The topological polar surface area (TPSA) is 120 Å². The quantitative estimate of drug-likeness (QED) is 0.169. The van der Waals surface area contributed by atoms with Crippen LogP contribution in [0.4, 0.5) is 20.2 Å². The first-order valence-corrected chi connectivity index (χ1v) is 15.5. The third kappa shape index (κ3) is 6.17. The number of likely N-dealkylation sites (N-methyl/N-ethyl adjacent to an activating group) is 1. The molecule has 1 aromatic heterocycles. The van der Waals surface area contributed by atoms with Crippen LogP contribution in [-0.2, 0) is 9.59 Å². The van der Waals surface area contributed by atoms with Crippen LogP contribution in [0.15, 0.2) is 60.9 Å². The summed E-state index contributed by atoms with van der Waals surface area (Å²) in [4.78, 5) is 38.6. The van der Waals surface area contributed by atoms with Gasteiger partial charge in [-0.25, -0.2) is 18.7 Å². The largest absolute Gasteiger partial charge is 0.493 e. The van der Waals surface area contributed by atoms with Crippen molar-refractivity contribution in [3.63, 3.8) is 0 Å². The average Bonchev–Trinajstić information content (AvgIpc) is 3.62. The summed E-state index contributed by atoms with van der Waals surface area (Å²) < 4.78 is 47.2. The second-order valence-corrected chi connectivity index (χ2v) is 11.7. The van der Waals surface area contributed by atoms with E-state index < -0.39 is 28.9 Å². The number of methoxy groups -OCH3 is 1. The maximum absolute atomic E-state index is 15.8. The smallest absolute Gasteiger partial charge is 0.247 e. The molecule has 0 spiro atoms. The van der Waals surface area contributed by atoms with Crippen LogP contribution in [0, 0.1) is 28.9 Å². The van der Waals surface area contributed by atoms with Gasteiger partial charge >= 0.3 is 0 Å². The number of benzene rings is 3. The molecule has 0 aliphatic heterocycles. The van der Waals surface area contributed by atoms with E-state index in [9.17, 15) is 14.0 Å². The molecule has 2 amide bonds. The fourth-order valence-corrected chi connectivity index (χ4v) is 6.25.